The van der Waals surface area contributed by atoms with Crippen LogP contribution < -0.4 is 11.1 Å². The molecular weight excluding hydrogens is 359 g/mol. The molecule has 1 amide bonds. The highest BCUT2D eigenvalue weighted by Gasteiger charge is 2.39. The maximum atomic E-state index is 14.1. The van der Waals surface area contributed by atoms with Gasteiger partial charge in [0.15, 0.2) is 0 Å². The summed E-state index contributed by atoms with van der Waals surface area (Å²) in [6.07, 6.45) is 6.48. The molecule has 2 heterocycles. The number of hydrogen-bond acceptors (Lipinski definition) is 6. The molecule has 4 rings (SSSR count). The van der Waals surface area contributed by atoms with Crippen LogP contribution in [0.2, 0.25) is 0 Å². The number of pyridine rings is 1. The molecule has 1 aromatic carbocycles. The van der Waals surface area contributed by atoms with Gasteiger partial charge in [-0.05, 0) is 43.2 Å². The Labute approximate surface area is 161 Å². The van der Waals surface area contributed by atoms with E-state index < -0.39 is 11.7 Å². The minimum Gasteiger partial charge on any atom is -0.366 e. The number of nitrogens with two attached hydrogens (primary N) is 1. The fraction of sp³-hybridized carbons (Fsp3) is 0.250. The number of nitrogens with one attached hydrogen (secondary N) is 1. The van der Waals surface area contributed by atoms with Crippen molar-refractivity contribution in [3.05, 3.63) is 65.9 Å². The molecule has 8 heteroatoms. The molecule has 0 bridgehead atoms. The maximum Gasteiger partial charge on any atom is 0.248 e. The summed E-state index contributed by atoms with van der Waals surface area (Å²) in [5.41, 5.74) is 6.85. The van der Waals surface area contributed by atoms with Crippen molar-refractivity contribution >= 4 is 11.9 Å². The number of aromatic nitrogens is 4. The third kappa shape index (κ3) is 3.40. The second-order valence-corrected chi connectivity index (χ2v) is 6.93. The molecule has 1 aliphatic rings. The van der Waals surface area contributed by atoms with Crippen LogP contribution in [-0.2, 0) is 5.41 Å². The van der Waals surface area contributed by atoms with Crippen molar-refractivity contribution in [1.29, 1.82) is 0 Å². The normalized spacial score (nSPS) is 14.9. The minimum absolute atomic E-state index is 0.0226. The van der Waals surface area contributed by atoms with E-state index in [-0.39, 0.29) is 22.2 Å². The van der Waals surface area contributed by atoms with Crippen LogP contribution in [0.3, 0.4) is 0 Å². The van der Waals surface area contributed by atoms with Crippen LogP contribution in [0.5, 0.6) is 0 Å². The Morgan fingerprint density at radius 1 is 1.18 bits per heavy atom. The van der Waals surface area contributed by atoms with E-state index in [1.165, 1.54) is 24.4 Å². The van der Waals surface area contributed by atoms with Crippen molar-refractivity contribution in [2.45, 2.75) is 24.7 Å². The number of amides is 1. The zero-order valence-corrected chi connectivity index (χ0v) is 15.1. The molecule has 1 aliphatic carbocycles. The smallest absolute Gasteiger partial charge is 0.248 e. The standard InChI is InChI=1S/C20H19FN6O/c21-15-6-5-13(18(22)28)10-14(15)16-11-24-19(27-26-16)25-12-20(7-3-8-20)17-4-1-2-9-23-17/h1-2,4-6,9-11H,3,7-8,12H2,(H2,22,28)(H,24,25,27). The predicted octanol–water partition coefficient (Wildman–Crippen LogP) is 2.71. The zero-order chi connectivity index (χ0) is 19.6. The Hall–Kier alpha value is -3.42. The summed E-state index contributed by atoms with van der Waals surface area (Å²) in [5, 5.41) is 11.3. The Kier molecular flexibility index (Phi) is 4.68. The molecule has 0 unspecified atom stereocenters. The lowest BCUT2D eigenvalue weighted by Crippen LogP contribution is -2.41. The largest absolute Gasteiger partial charge is 0.366 e. The van der Waals surface area contributed by atoms with Gasteiger partial charge in [-0.2, -0.15) is 0 Å². The number of primary amides is 1. The molecule has 0 aliphatic heterocycles. The molecule has 0 atom stereocenters. The van der Waals surface area contributed by atoms with Crippen LogP contribution in [0.4, 0.5) is 10.3 Å². The molecule has 2 aromatic heterocycles. The molecule has 0 spiro atoms. The highest BCUT2D eigenvalue weighted by Crippen LogP contribution is 2.42. The number of halogens is 1. The number of carbonyl (C=O) groups excluding carboxylic acids is 1. The van der Waals surface area contributed by atoms with Crippen molar-refractivity contribution in [3.8, 4) is 11.3 Å². The van der Waals surface area contributed by atoms with Gasteiger partial charge in [-0.25, -0.2) is 9.37 Å². The van der Waals surface area contributed by atoms with Gasteiger partial charge >= 0.3 is 0 Å². The number of hydrogen-bond donors (Lipinski definition) is 2. The average molecular weight is 378 g/mol. The van der Waals surface area contributed by atoms with Gasteiger partial charge in [-0.1, -0.05) is 12.5 Å². The van der Waals surface area contributed by atoms with Crippen LogP contribution in [-0.4, -0.2) is 32.6 Å². The number of anilines is 1. The first-order valence-corrected chi connectivity index (χ1v) is 9.02. The molecule has 0 radical (unpaired) electrons. The lowest BCUT2D eigenvalue weighted by Gasteiger charge is -2.41. The monoisotopic (exact) mass is 378 g/mol. The van der Waals surface area contributed by atoms with Gasteiger partial charge in [0.2, 0.25) is 11.9 Å². The van der Waals surface area contributed by atoms with Crippen molar-refractivity contribution in [2.75, 3.05) is 11.9 Å². The SMILES string of the molecule is NC(=O)c1ccc(F)c(-c2cnc(NCC3(c4ccccn4)CCC3)nn2)c1. The molecule has 3 N–H and O–H groups in total. The highest BCUT2D eigenvalue weighted by atomic mass is 19.1. The van der Waals surface area contributed by atoms with Crippen LogP contribution in [0.1, 0.15) is 35.3 Å². The van der Waals surface area contributed by atoms with Gasteiger partial charge in [-0.15, -0.1) is 10.2 Å². The van der Waals surface area contributed by atoms with Crippen LogP contribution >= 0.6 is 0 Å². The molecule has 28 heavy (non-hydrogen) atoms. The Balaban J connectivity index is 1.50. The third-order valence-electron chi connectivity index (χ3n) is 5.19. The number of nitrogens with zero attached hydrogens (tertiary/aromatic N) is 4. The molecule has 0 saturated heterocycles. The Bertz CT molecular complexity index is 989. The molecular formula is C20H19FN6O. The first kappa shape index (κ1) is 18.0. The van der Waals surface area contributed by atoms with Gasteiger partial charge in [0.25, 0.3) is 0 Å². The molecule has 1 fully saturated rings. The summed E-state index contributed by atoms with van der Waals surface area (Å²) in [7, 11) is 0. The second-order valence-electron chi connectivity index (χ2n) is 6.93. The maximum absolute atomic E-state index is 14.1. The molecule has 7 nitrogen and oxygen atoms in total. The molecule has 142 valence electrons. The van der Waals surface area contributed by atoms with E-state index in [4.69, 9.17) is 5.73 Å². The van der Waals surface area contributed by atoms with Crippen molar-refractivity contribution in [3.63, 3.8) is 0 Å². The molecule has 3 aromatic rings. The summed E-state index contributed by atoms with van der Waals surface area (Å²) in [6, 6.07) is 9.79. The van der Waals surface area contributed by atoms with Gasteiger partial charge in [0, 0.05) is 35.0 Å². The van der Waals surface area contributed by atoms with Crippen LogP contribution in [0.15, 0.2) is 48.8 Å². The third-order valence-corrected chi connectivity index (χ3v) is 5.19. The topological polar surface area (TPSA) is 107 Å². The van der Waals surface area contributed by atoms with Gasteiger partial charge < -0.3 is 11.1 Å². The summed E-state index contributed by atoms with van der Waals surface area (Å²) >= 11 is 0. The first-order chi connectivity index (χ1) is 13.6. The summed E-state index contributed by atoms with van der Waals surface area (Å²) in [4.78, 5) is 20.0. The zero-order valence-electron chi connectivity index (χ0n) is 15.1. The summed E-state index contributed by atoms with van der Waals surface area (Å²) < 4.78 is 14.1. The quantitative estimate of drug-likeness (QED) is 0.683. The summed E-state index contributed by atoms with van der Waals surface area (Å²) in [5.74, 6) is -0.802. The van der Waals surface area contributed by atoms with E-state index >= 15 is 0 Å². The first-order valence-electron chi connectivity index (χ1n) is 9.02. The lowest BCUT2D eigenvalue weighted by molar-refractivity contribution is 0.100. The number of carbonyl (C=O) groups is 1. The van der Waals surface area contributed by atoms with Gasteiger partial charge in [0.05, 0.1) is 6.20 Å². The Morgan fingerprint density at radius 3 is 2.64 bits per heavy atom. The van der Waals surface area contributed by atoms with Gasteiger partial charge in [0.1, 0.15) is 11.5 Å². The second kappa shape index (κ2) is 7.30. The highest BCUT2D eigenvalue weighted by molar-refractivity contribution is 5.94. The van der Waals surface area contributed by atoms with E-state index in [0.29, 0.717) is 12.5 Å². The number of rotatable bonds is 6. The molecule has 1 saturated carbocycles. The van der Waals surface area contributed by atoms with Gasteiger partial charge in [-0.3, -0.25) is 9.78 Å². The lowest BCUT2D eigenvalue weighted by atomic mass is 9.66. The van der Waals surface area contributed by atoms with Crippen LogP contribution in [0.25, 0.3) is 11.3 Å². The van der Waals surface area contributed by atoms with Crippen LogP contribution in [0, 0.1) is 5.82 Å². The average Bonchev–Trinajstić information content (AvgIpc) is 2.69. The van der Waals surface area contributed by atoms with Crippen molar-refractivity contribution in [1.82, 2.24) is 20.2 Å². The predicted molar refractivity (Wildman–Crippen MR) is 102 cm³/mol. The van der Waals surface area contributed by atoms with E-state index in [0.717, 1.165) is 25.0 Å². The van der Waals surface area contributed by atoms with Crippen molar-refractivity contribution < 1.29 is 9.18 Å². The number of benzene rings is 1. The van der Waals surface area contributed by atoms with E-state index in [2.05, 4.69) is 25.5 Å². The van der Waals surface area contributed by atoms with E-state index in [1.54, 1.807) is 6.20 Å². The minimum atomic E-state index is -0.638. The fourth-order valence-corrected chi connectivity index (χ4v) is 3.41. The van der Waals surface area contributed by atoms with Crippen molar-refractivity contribution in [2.24, 2.45) is 5.73 Å². The van der Waals surface area contributed by atoms with E-state index in [1.807, 2.05) is 18.2 Å². The summed E-state index contributed by atoms with van der Waals surface area (Å²) in [6.45, 7) is 0.649. The van der Waals surface area contributed by atoms with E-state index in [9.17, 15) is 9.18 Å². The fourth-order valence-electron chi connectivity index (χ4n) is 3.41. The Morgan fingerprint density at radius 2 is 2.04 bits per heavy atom.